The minimum absolute atomic E-state index is 0.0196. The summed E-state index contributed by atoms with van der Waals surface area (Å²) < 4.78 is 27.9. The summed E-state index contributed by atoms with van der Waals surface area (Å²) in [6.45, 7) is 1.33. The zero-order chi connectivity index (χ0) is 18.1. The molecule has 7 nitrogen and oxygen atoms in total. The molecular formula is C20H18NO6+. The highest BCUT2D eigenvalue weighted by molar-refractivity contribution is 5.98. The Kier molecular flexibility index (Phi) is 2.97. The highest BCUT2D eigenvalue weighted by Crippen LogP contribution is 2.49. The second-order valence-electron chi connectivity index (χ2n) is 7.32. The number of hydrogen-bond donors (Lipinski definition) is 1. The van der Waals surface area contributed by atoms with E-state index in [0.717, 1.165) is 35.6 Å². The molecule has 0 radical (unpaired) electrons. The molecule has 0 saturated carbocycles. The molecule has 0 aliphatic carbocycles. The fourth-order valence-electron chi connectivity index (χ4n) is 4.60. The zero-order valence-electron chi connectivity index (χ0n) is 14.7. The van der Waals surface area contributed by atoms with Gasteiger partial charge in [0, 0.05) is 17.5 Å². The summed E-state index contributed by atoms with van der Waals surface area (Å²) in [6, 6.07) is 7.87. The van der Waals surface area contributed by atoms with E-state index < -0.39 is 0 Å². The Balaban J connectivity index is 1.49. The summed E-state index contributed by atoms with van der Waals surface area (Å²) >= 11 is 0. The number of esters is 1. The maximum atomic E-state index is 12.7. The Bertz CT molecular complexity index is 987. The summed E-state index contributed by atoms with van der Waals surface area (Å²) in [5.41, 5.74) is 3.72. The average molecular weight is 368 g/mol. The van der Waals surface area contributed by atoms with Crippen LogP contribution in [-0.2, 0) is 11.2 Å². The topological polar surface area (TPSA) is 67.7 Å². The van der Waals surface area contributed by atoms with Gasteiger partial charge in [-0.1, -0.05) is 6.07 Å². The molecule has 27 heavy (non-hydrogen) atoms. The average Bonchev–Trinajstić information content (AvgIpc) is 3.38. The van der Waals surface area contributed by atoms with Crippen molar-refractivity contribution in [1.29, 1.82) is 0 Å². The van der Waals surface area contributed by atoms with Crippen molar-refractivity contribution in [2.24, 2.45) is 0 Å². The fraction of sp³-hybridized carbons (Fsp3) is 0.350. The van der Waals surface area contributed by atoms with Crippen LogP contribution in [-0.4, -0.2) is 33.1 Å². The van der Waals surface area contributed by atoms with E-state index in [2.05, 4.69) is 13.1 Å². The lowest BCUT2D eigenvalue weighted by Gasteiger charge is -2.34. The number of likely N-dealkylation sites (N-methyl/N-ethyl adjacent to an activating group) is 1. The van der Waals surface area contributed by atoms with Crippen LogP contribution in [0.4, 0.5) is 0 Å². The van der Waals surface area contributed by atoms with Crippen LogP contribution in [0.15, 0.2) is 24.3 Å². The van der Waals surface area contributed by atoms with Crippen molar-refractivity contribution in [3.63, 3.8) is 0 Å². The smallest absolute Gasteiger partial charge is 0.343 e. The molecule has 3 atom stereocenters. The first-order valence-electron chi connectivity index (χ1n) is 9.09. The van der Waals surface area contributed by atoms with Gasteiger partial charge in [0.2, 0.25) is 13.6 Å². The van der Waals surface area contributed by atoms with Crippen LogP contribution >= 0.6 is 0 Å². The van der Waals surface area contributed by atoms with Gasteiger partial charge >= 0.3 is 5.97 Å². The maximum absolute atomic E-state index is 12.7. The monoisotopic (exact) mass is 368 g/mol. The van der Waals surface area contributed by atoms with Gasteiger partial charge in [0.05, 0.1) is 13.6 Å². The van der Waals surface area contributed by atoms with Crippen LogP contribution in [0, 0.1) is 0 Å². The Morgan fingerprint density at radius 2 is 1.74 bits per heavy atom. The van der Waals surface area contributed by atoms with Gasteiger partial charge in [-0.05, 0) is 23.8 Å². The predicted octanol–water partition coefficient (Wildman–Crippen LogP) is 1.17. The van der Waals surface area contributed by atoms with Crippen LogP contribution in [0.2, 0.25) is 0 Å². The lowest BCUT2D eigenvalue weighted by atomic mass is 9.86. The van der Waals surface area contributed by atoms with Gasteiger partial charge in [-0.2, -0.15) is 0 Å². The molecular weight excluding hydrogens is 350 g/mol. The summed E-state index contributed by atoms with van der Waals surface area (Å²) in [5.74, 6) is 2.29. The van der Waals surface area contributed by atoms with E-state index in [4.69, 9.17) is 23.7 Å². The second kappa shape index (κ2) is 5.29. The van der Waals surface area contributed by atoms with E-state index >= 15 is 0 Å². The number of hydrogen-bond acceptors (Lipinski definition) is 6. The molecule has 4 heterocycles. The first-order chi connectivity index (χ1) is 13.2. The second-order valence-corrected chi connectivity index (χ2v) is 7.32. The van der Waals surface area contributed by atoms with Crippen LogP contribution in [0.3, 0.4) is 0 Å². The summed E-state index contributed by atoms with van der Waals surface area (Å²) in [5, 5.41) is 0. The van der Waals surface area contributed by atoms with Gasteiger partial charge in [-0.25, -0.2) is 4.79 Å². The molecule has 0 amide bonds. The molecule has 0 spiro atoms. The number of ether oxygens (including phenoxy) is 5. The summed E-state index contributed by atoms with van der Waals surface area (Å²) in [7, 11) is 2.14. The number of benzene rings is 2. The molecule has 4 aliphatic rings. The molecule has 2 aromatic rings. The van der Waals surface area contributed by atoms with Crippen LogP contribution in [0.25, 0.3) is 0 Å². The number of cyclic esters (lactones) is 1. The number of carbonyl (C=O) groups is 1. The molecule has 1 N–H and O–H groups in total. The van der Waals surface area contributed by atoms with Crippen molar-refractivity contribution in [3.8, 4) is 23.0 Å². The van der Waals surface area contributed by atoms with Crippen LogP contribution in [0.1, 0.15) is 39.2 Å². The van der Waals surface area contributed by atoms with Crippen molar-refractivity contribution in [3.05, 3.63) is 46.5 Å². The van der Waals surface area contributed by atoms with Gasteiger partial charge in [0.1, 0.15) is 5.56 Å². The van der Waals surface area contributed by atoms with Crippen molar-refractivity contribution in [2.45, 2.75) is 18.6 Å². The highest BCUT2D eigenvalue weighted by atomic mass is 16.7. The quantitative estimate of drug-likeness (QED) is 0.763. The van der Waals surface area contributed by atoms with E-state index in [0.29, 0.717) is 17.1 Å². The predicted molar refractivity (Wildman–Crippen MR) is 91.5 cm³/mol. The standard InChI is InChI=1S/C20H17NO6/c1-21-5-4-10-6-14-15(25-8-24-14)7-12(10)17(21)18-11-2-3-13-19(26-9-23-13)16(11)20(22)27-18/h2-3,6-7,17-18H,4-5,8-9H2,1H3/p+1/t17-,18+/m0/s1. The molecule has 0 saturated heterocycles. The Hall–Kier alpha value is -2.93. The lowest BCUT2D eigenvalue weighted by molar-refractivity contribution is -0.919. The molecule has 0 bridgehead atoms. The normalized spacial score (nSPS) is 26.6. The molecule has 0 fully saturated rings. The highest BCUT2D eigenvalue weighted by Gasteiger charge is 2.47. The van der Waals surface area contributed by atoms with Gasteiger partial charge in [0.15, 0.2) is 35.1 Å². The van der Waals surface area contributed by atoms with Crippen molar-refractivity contribution >= 4 is 5.97 Å². The molecule has 4 aliphatic heterocycles. The fourth-order valence-corrected chi connectivity index (χ4v) is 4.60. The molecule has 138 valence electrons. The Morgan fingerprint density at radius 3 is 2.63 bits per heavy atom. The number of quaternary nitrogens is 1. The van der Waals surface area contributed by atoms with E-state index in [1.54, 1.807) is 0 Å². The third-order valence-corrected chi connectivity index (χ3v) is 5.91. The van der Waals surface area contributed by atoms with Gasteiger partial charge < -0.3 is 28.6 Å². The van der Waals surface area contributed by atoms with Crippen molar-refractivity contribution in [2.75, 3.05) is 27.2 Å². The third kappa shape index (κ3) is 2.03. The van der Waals surface area contributed by atoms with E-state index in [-0.39, 0.29) is 31.7 Å². The minimum Gasteiger partial charge on any atom is -0.454 e. The lowest BCUT2D eigenvalue weighted by Crippen LogP contribution is -3.11. The molecule has 0 aromatic heterocycles. The minimum atomic E-state index is -0.374. The SMILES string of the molecule is C[NH+]1CCc2cc3c(cc2[C@H]1[C@@H]1OC(=O)c2c1ccc1c2OCO1)OCO3. The zero-order valence-corrected chi connectivity index (χ0v) is 14.7. The summed E-state index contributed by atoms with van der Waals surface area (Å²) in [4.78, 5) is 14.0. The number of rotatable bonds is 1. The van der Waals surface area contributed by atoms with Crippen LogP contribution < -0.4 is 23.8 Å². The maximum Gasteiger partial charge on any atom is 0.343 e. The van der Waals surface area contributed by atoms with Gasteiger partial charge in [-0.15, -0.1) is 0 Å². The largest absolute Gasteiger partial charge is 0.454 e. The van der Waals surface area contributed by atoms with Gasteiger partial charge in [0.25, 0.3) is 0 Å². The van der Waals surface area contributed by atoms with E-state index in [1.807, 2.05) is 18.2 Å². The van der Waals surface area contributed by atoms with Gasteiger partial charge in [-0.3, -0.25) is 0 Å². The van der Waals surface area contributed by atoms with E-state index in [1.165, 1.54) is 10.5 Å². The Morgan fingerprint density at radius 1 is 0.963 bits per heavy atom. The van der Waals surface area contributed by atoms with E-state index in [9.17, 15) is 4.79 Å². The number of carbonyl (C=O) groups excluding carboxylic acids is 1. The molecule has 2 aromatic carbocycles. The first-order valence-corrected chi connectivity index (χ1v) is 9.09. The number of fused-ring (bicyclic) bond motifs is 5. The first kappa shape index (κ1) is 15.2. The third-order valence-electron chi connectivity index (χ3n) is 5.91. The Labute approximate surface area is 155 Å². The van der Waals surface area contributed by atoms with Crippen LogP contribution in [0.5, 0.6) is 23.0 Å². The molecule has 6 rings (SSSR count). The van der Waals surface area contributed by atoms with Crippen molar-refractivity contribution < 1.29 is 33.4 Å². The van der Waals surface area contributed by atoms with Crippen molar-refractivity contribution in [1.82, 2.24) is 0 Å². The molecule has 1 unspecified atom stereocenters. The number of nitrogens with one attached hydrogen (secondary N) is 1. The molecule has 7 heteroatoms. The summed E-state index contributed by atoms with van der Waals surface area (Å²) in [6.07, 6.45) is 0.574.